The molecule has 0 aliphatic rings. The lowest BCUT2D eigenvalue weighted by Crippen LogP contribution is -2.23. The van der Waals surface area contributed by atoms with E-state index in [9.17, 15) is 4.79 Å². The standard InChI is InChI=1S/C25H23N3O3/c1-30-22-13-19(14-23(15-22)31-2)25(29)26-16-20-17-28(21-11-7-4-8-12-21)27-24(20)18-9-5-3-6-10-18/h3-15,17H,16H2,1-2H3,(H,26,29). The molecule has 4 rings (SSSR count). The van der Waals surface area contributed by atoms with Crippen LogP contribution >= 0.6 is 0 Å². The molecule has 4 aromatic rings. The van der Waals surface area contributed by atoms with Gasteiger partial charge in [-0.05, 0) is 24.3 Å². The highest BCUT2D eigenvalue weighted by Gasteiger charge is 2.15. The summed E-state index contributed by atoms with van der Waals surface area (Å²) in [5.74, 6) is 0.904. The highest BCUT2D eigenvalue weighted by Crippen LogP contribution is 2.25. The molecule has 1 heterocycles. The number of nitrogens with zero attached hydrogens (tertiary/aromatic N) is 2. The molecule has 0 spiro atoms. The number of nitrogens with one attached hydrogen (secondary N) is 1. The van der Waals surface area contributed by atoms with Crippen molar-refractivity contribution in [3.63, 3.8) is 0 Å². The van der Waals surface area contributed by atoms with Gasteiger partial charge in [0.15, 0.2) is 0 Å². The van der Waals surface area contributed by atoms with E-state index in [4.69, 9.17) is 14.6 Å². The molecular weight excluding hydrogens is 390 g/mol. The maximum atomic E-state index is 12.8. The zero-order chi connectivity index (χ0) is 21.6. The van der Waals surface area contributed by atoms with E-state index in [1.165, 1.54) is 0 Å². The molecule has 3 aromatic carbocycles. The van der Waals surface area contributed by atoms with Crippen LogP contribution in [0, 0.1) is 0 Å². The molecule has 1 amide bonds. The third-order valence-corrected chi connectivity index (χ3v) is 4.91. The highest BCUT2D eigenvalue weighted by atomic mass is 16.5. The molecule has 0 fully saturated rings. The molecule has 156 valence electrons. The smallest absolute Gasteiger partial charge is 0.251 e. The van der Waals surface area contributed by atoms with E-state index in [2.05, 4.69) is 5.32 Å². The van der Waals surface area contributed by atoms with Crippen molar-refractivity contribution in [3.05, 3.63) is 96.2 Å². The zero-order valence-corrected chi connectivity index (χ0v) is 17.4. The Balaban J connectivity index is 1.62. The van der Waals surface area contributed by atoms with Crippen molar-refractivity contribution in [1.82, 2.24) is 15.1 Å². The largest absolute Gasteiger partial charge is 0.497 e. The summed E-state index contributed by atoms with van der Waals surface area (Å²) in [6.07, 6.45) is 1.95. The first kappa shape index (κ1) is 20.2. The van der Waals surface area contributed by atoms with E-state index in [-0.39, 0.29) is 5.91 Å². The first-order valence-electron chi connectivity index (χ1n) is 9.88. The van der Waals surface area contributed by atoms with Crippen LogP contribution < -0.4 is 14.8 Å². The average Bonchev–Trinajstić information content (AvgIpc) is 3.27. The molecule has 0 atom stereocenters. The van der Waals surface area contributed by atoms with E-state index in [0.717, 1.165) is 22.5 Å². The van der Waals surface area contributed by atoms with Crippen molar-refractivity contribution >= 4 is 5.91 Å². The predicted molar refractivity (Wildman–Crippen MR) is 120 cm³/mol. The van der Waals surface area contributed by atoms with Crippen molar-refractivity contribution in [2.75, 3.05) is 14.2 Å². The lowest BCUT2D eigenvalue weighted by atomic mass is 10.1. The predicted octanol–water partition coefficient (Wildman–Crippen LogP) is 4.49. The Bertz CT molecular complexity index is 1150. The summed E-state index contributed by atoms with van der Waals surface area (Å²) >= 11 is 0. The van der Waals surface area contributed by atoms with E-state index in [0.29, 0.717) is 23.6 Å². The summed E-state index contributed by atoms with van der Waals surface area (Å²) in [5, 5.41) is 7.77. The van der Waals surface area contributed by atoms with Crippen molar-refractivity contribution < 1.29 is 14.3 Å². The third-order valence-electron chi connectivity index (χ3n) is 4.91. The van der Waals surface area contributed by atoms with Gasteiger partial charge < -0.3 is 14.8 Å². The van der Waals surface area contributed by atoms with Crippen LogP contribution in [-0.2, 0) is 6.54 Å². The Labute approximate surface area is 181 Å². The number of carbonyl (C=O) groups is 1. The van der Waals surface area contributed by atoms with Gasteiger partial charge in [0.25, 0.3) is 5.91 Å². The molecule has 0 unspecified atom stereocenters. The van der Waals surface area contributed by atoms with Crippen LogP contribution in [0.4, 0.5) is 0 Å². The number of methoxy groups -OCH3 is 2. The fraction of sp³-hybridized carbons (Fsp3) is 0.120. The second-order valence-electron chi connectivity index (χ2n) is 6.93. The van der Waals surface area contributed by atoms with Crippen LogP contribution in [-0.4, -0.2) is 29.9 Å². The molecule has 31 heavy (non-hydrogen) atoms. The summed E-state index contributed by atoms with van der Waals surface area (Å²) in [4.78, 5) is 12.8. The topological polar surface area (TPSA) is 65.4 Å². The van der Waals surface area contributed by atoms with Crippen molar-refractivity contribution in [2.45, 2.75) is 6.54 Å². The van der Waals surface area contributed by atoms with Gasteiger partial charge in [-0.25, -0.2) is 4.68 Å². The van der Waals surface area contributed by atoms with Crippen molar-refractivity contribution in [2.24, 2.45) is 0 Å². The molecule has 0 saturated carbocycles. The number of rotatable bonds is 7. The normalized spacial score (nSPS) is 10.5. The number of para-hydroxylation sites is 1. The third kappa shape index (κ3) is 4.59. The summed E-state index contributed by atoms with van der Waals surface area (Å²) in [6, 6.07) is 24.9. The molecule has 1 N–H and O–H groups in total. The van der Waals surface area contributed by atoms with Gasteiger partial charge in [-0.15, -0.1) is 0 Å². The SMILES string of the molecule is COc1cc(OC)cc(C(=O)NCc2cn(-c3ccccc3)nc2-c2ccccc2)c1. The van der Waals surface area contributed by atoms with Gasteiger partial charge in [0.2, 0.25) is 0 Å². The summed E-state index contributed by atoms with van der Waals surface area (Å²) in [5.41, 5.74) is 4.15. The number of ether oxygens (including phenoxy) is 2. The second kappa shape index (κ2) is 9.17. The van der Waals surface area contributed by atoms with E-state index >= 15 is 0 Å². The minimum Gasteiger partial charge on any atom is -0.497 e. The Morgan fingerprint density at radius 1 is 0.903 bits per heavy atom. The second-order valence-corrected chi connectivity index (χ2v) is 6.93. The number of carbonyl (C=O) groups excluding carboxylic acids is 1. The van der Waals surface area contributed by atoms with E-state index < -0.39 is 0 Å². The molecule has 0 saturated heterocycles. The van der Waals surface area contributed by atoms with Gasteiger partial charge in [0, 0.05) is 35.5 Å². The van der Waals surface area contributed by atoms with Gasteiger partial charge in [-0.2, -0.15) is 5.10 Å². The Morgan fingerprint density at radius 3 is 2.13 bits per heavy atom. The van der Waals surface area contributed by atoms with Crippen molar-refractivity contribution in [1.29, 1.82) is 0 Å². The number of amides is 1. The Hall–Kier alpha value is -4.06. The monoisotopic (exact) mass is 413 g/mol. The molecule has 0 aliphatic carbocycles. The minimum atomic E-state index is -0.219. The van der Waals surface area contributed by atoms with Gasteiger partial charge in [0.1, 0.15) is 11.5 Å². The molecule has 1 aromatic heterocycles. The Morgan fingerprint density at radius 2 is 1.52 bits per heavy atom. The molecule has 0 radical (unpaired) electrons. The maximum Gasteiger partial charge on any atom is 0.251 e. The first-order chi connectivity index (χ1) is 15.2. The highest BCUT2D eigenvalue weighted by molar-refractivity contribution is 5.95. The first-order valence-corrected chi connectivity index (χ1v) is 9.88. The summed E-state index contributed by atoms with van der Waals surface area (Å²) < 4.78 is 12.4. The lowest BCUT2D eigenvalue weighted by molar-refractivity contribution is 0.0950. The van der Waals surface area contributed by atoms with Crippen LogP contribution in [0.3, 0.4) is 0 Å². The van der Waals surface area contributed by atoms with Crippen LogP contribution in [0.2, 0.25) is 0 Å². The number of hydrogen-bond acceptors (Lipinski definition) is 4. The number of benzene rings is 3. The Kier molecular flexibility index (Phi) is 5.98. The van der Waals surface area contributed by atoms with E-state index in [1.807, 2.05) is 71.5 Å². The summed E-state index contributed by atoms with van der Waals surface area (Å²) in [7, 11) is 3.11. The van der Waals surface area contributed by atoms with Crippen molar-refractivity contribution in [3.8, 4) is 28.4 Å². The molecule has 0 aliphatic heterocycles. The van der Waals surface area contributed by atoms with Gasteiger partial charge in [0.05, 0.1) is 25.6 Å². The van der Waals surface area contributed by atoms with Crippen LogP contribution in [0.5, 0.6) is 11.5 Å². The molecule has 6 nitrogen and oxygen atoms in total. The zero-order valence-electron chi connectivity index (χ0n) is 17.4. The van der Waals surface area contributed by atoms with E-state index in [1.54, 1.807) is 32.4 Å². The maximum absolute atomic E-state index is 12.8. The molecule has 0 bridgehead atoms. The van der Waals surface area contributed by atoms with Gasteiger partial charge >= 0.3 is 0 Å². The average molecular weight is 413 g/mol. The lowest BCUT2D eigenvalue weighted by Gasteiger charge is -2.09. The molecular formula is C25H23N3O3. The minimum absolute atomic E-state index is 0.219. The van der Waals surface area contributed by atoms with Gasteiger partial charge in [-0.3, -0.25) is 4.79 Å². The summed E-state index contributed by atoms with van der Waals surface area (Å²) in [6.45, 7) is 0.329. The number of hydrogen-bond donors (Lipinski definition) is 1. The van der Waals surface area contributed by atoms with Crippen LogP contribution in [0.25, 0.3) is 16.9 Å². The fourth-order valence-electron chi connectivity index (χ4n) is 3.31. The quantitative estimate of drug-likeness (QED) is 0.485. The van der Waals surface area contributed by atoms with Gasteiger partial charge in [-0.1, -0.05) is 48.5 Å². The fourth-order valence-corrected chi connectivity index (χ4v) is 3.31. The van der Waals surface area contributed by atoms with Crippen LogP contribution in [0.15, 0.2) is 85.1 Å². The van der Waals surface area contributed by atoms with Crippen LogP contribution in [0.1, 0.15) is 15.9 Å². The molecule has 6 heteroatoms. The number of aromatic nitrogens is 2.